The zero-order valence-electron chi connectivity index (χ0n) is 9.54. The van der Waals surface area contributed by atoms with Crippen LogP contribution in [0.2, 0.25) is 0 Å². The van der Waals surface area contributed by atoms with Gasteiger partial charge in [0.2, 0.25) is 0 Å². The van der Waals surface area contributed by atoms with Crippen LogP contribution < -0.4 is 5.73 Å². The van der Waals surface area contributed by atoms with E-state index in [0.717, 1.165) is 0 Å². The molecule has 0 radical (unpaired) electrons. The first-order valence-corrected chi connectivity index (χ1v) is 4.64. The molecule has 0 spiro atoms. The molecule has 82 valence electrons. The van der Waals surface area contributed by atoms with E-state index < -0.39 is 0 Å². The summed E-state index contributed by atoms with van der Waals surface area (Å²) >= 11 is 0. The lowest BCUT2D eigenvalue weighted by Crippen LogP contribution is -2.51. The van der Waals surface area contributed by atoms with Gasteiger partial charge in [-0.3, -0.25) is 5.73 Å². The molecule has 0 bridgehead atoms. The molecule has 1 atom stereocenters. The lowest BCUT2D eigenvalue weighted by molar-refractivity contribution is -0.896. The Morgan fingerprint density at radius 3 is 2.36 bits per heavy atom. The van der Waals surface area contributed by atoms with Crippen molar-refractivity contribution in [2.24, 2.45) is 5.73 Å². The molecule has 1 unspecified atom stereocenters. The smallest absolute Gasteiger partial charge is 0.333 e. The van der Waals surface area contributed by atoms with Gasteiger partial charge in [-0.2, -0.15) is 0 Å². The summed E-state index contributed by atoms with van der Waals surface area (Å²) in [6.45, 7) is 5.47. The minimum atomic E-state index is -0.349. The van der Waals surface area contributed by atoms with E-state index in [9.17, 15) is 4.79 Å². The van der Waals surface area contributed by atoms with Gasteiger partial charge in [-0.25, -0.2) is 4.79 Å². The molecule has 0 aromatic heterocycles. The Balaban J connectivity index is 3.76. The standard InChI is InChI=1S/C10H21N2O2/c1-8(2)10(13)14-7-6-9(11)12(3,4)5/h9H,1,6-7,11H2,2-5H3/q+1. The summed E-state index contributed by atoms with van der Waals surface area (Å²) in [5.41, 5.74) is 6.29. The van der Waals surface area contributed by atoms with E-state index in [-0.39, 0.29) is 12.1 Å². The normalized spacial score (nSPS) is 13.5. The molecule has 0 saturated heterocycles. The Hall–Kier alpha value is -0.870. The maximum atomic E-state index is 11.0. The van der Waals surface area contributed by atoms with E-state index in [2.05, 4.69) is 6.58 Å². The van der Waals surface area contributed by atoms with Crippen molar-refractivity contribution in [1.82, 2.24) is 0 Å². The molecule has 0 aromatic rings. The second-order valence-electron chi connectivity index (χ2n) is 4.39. The molecule has 4 nitrogen and oxygen atoms in total. The zero-order valence-corrected chi connectivity index (χ0v) is 9.54. The Morgan fingerprint density at radius 1 is 1.50 bits per heavy atom. The van der Waals surface area contributed by atoms with Crippen molar-refractivity contribution >= 4 is 5.97 Å². The Morgan fingerprint density at radius 2 is 2.00 bits per heavy atom. The summed E-state index contributed by atoms with van der Waals surface area (Å²) in [5.74, 6) is -0.349. The molecule has 2 N–H and O–H groups in total. The van der Waals surface area contributed by atoms with Crippen LogP contribution in [0, 0.1) is 0 Å². The minimum Gasteiger partial charge on any atom is -0.462 e. The average Bonchev–Trinajstić information content (AvgIpc) is 2.01. The molecule has 0 rings (SSSR count). The van der Waals surface area contributed by atoms with Crippen molar-refractivity contribution in [2.75, 3.05) is 27.7 Å². The van der Waals surface area contributed by atoms with Crippen LogP contribution in [0.3, 0.4) is 0 Å². The summed E-state index contributed by atoms with van der Waals surface area (Å²) in [4.78, 5) is 11.0. The molecule has 0 aromatic carbocycles. The number of esters is 1. The van der Waals surface area contributed by atoms with Crippen molar-refractivity contribution in [3.05, 3.63) is 12.2 Å². The van der Waals surface area contributed by atoms with Crippen LogP contribution in [0.1, 0.15) is 13.3 Å². The second-order valence-corrected chi connectivity index (χ2v) is 4.39. The first-order chi connectivity index (χ1) is 6.25. The van der Waals surface area contributed by atoms with Gasteiger partial charge < -0.3 is 9.22 Å². The van der Waals surface area contributed by atoms with Crippen molar-refractivity contribution in [1.29, 1.82) is 0 Å². The van der Waals surface area contributed by atoms with Crippen LogP contribution in [0.5, 0.6) is 0 Å². The van der Waals surface area contributed by atoms with E-state index in [0.29, 0.717) is 23.1 Å². The van der Waals surface area contributed by atoms with Gasteiger partial charge in [0.25, 0.3) is 0 Å². The van der Waals surface area contributed by atoms with Crippen molar-refractivity contribution in [3.8, 4) is 0 Å². The quantitative estimate of drug-likeness (QED) is 0.305. The molecule has 0 amide bonds. The molecule has 0 aliphatic rings. The first-order valence-electron chi connectivity index (χ1n) is 4.64. The molecule has 0 saturated carbocycles. The van der Waals surface area contributed by atoms with Gasteiger partial charge in [-0.05, 0) is 6.92 Å². The third kappa shape index (κ3) is 4.99. The lowest BCUT2D eigenvalue weighted by atomic mass is 10.3. The van der Waals surface area contributed by atoms with Crippen LogP contribution in [0.25, 0.3) is 0 Å². The molecule has 0 heterocycles. The van der Waals surface area contributed by atoms with E-state index in [1.54, 1.807) is 6.92 Å². The summed E-state index contributed by atoms with van der Waals surface area (Å²) in [6, 6.07) is 0. The third-order valence-electron chi connectivity index (χ3n) is 1.99. The fourth-order valence-corrected chi connectivity index (χ4v) is 0.783. The van der Waals surface area contributed by atoms with E-state index in [4.69, 9.17) is 10.5 Å². The highest BCUT2D eigenvalue weighted by Gasteiger charge is 2.18. The number of rotatable bonds is 5. The average molecular weight is 201 g/mol. The molecule has 0 aliphatic carbocycles. The number of nitrogens with zero attached hydrogens (tertiary/aromatic N) is 1. The minimum absolute atomic E-state index is 0.0204. The number of nitrogens with two attached hydrogens (primary N) is 1. The Bertz CT molecular complexity index is 219. The van der Waals surface area contributed by atoms with E-state index >= 15 is 0 Å². The molecule has 0 fully saturated rings. The second kappa shape index (κ2) is 5.12. The number of carbonyl (C=O) groups is 1. The largest absolute Gasteiger partial charge is 0.462 e. The van der Waals surface area contributed by atoms with Crippen molar-refractivity contribution < 1.29 is 14.0 Å². The fraction of sp³-hybridized carbons (Fsp3) is 0.700. The summed E-state index contributed by atoms with van der Waals surface area (Å²) in [7, 11) is 6.02. The van der Waals surface area contributed by atoms with Gasteiger partial charge in [0.1, 0.15) is 6.17 Å². The van der Waals surface area contributed by atoms with Crippen LogP contribution in [0.4, 0.5) is 0 Å². The SMILES string of the molecule is C=C(C)C(=O)OCCC(N)[N+](C)(C)C. The Kier molecular flexibility index (Phi) is 4.80. The maximum Gasteiger partial charge on any atom is 0.333 e. The van der Waals surface area contributed by atoms with Crippen LogP contribution in [0.15, 0.2) is 12.2 Å². The van der Waals surface area contributed by atoms with E-state index in [1.807, 2.05) is 21.1 Å². The van der Waals surface area contributed by atoms with E-state index in [1.165, 1.54) is 0 Å². The first kappa shape index (κ1) is 13.1. The number of hydrogen-bond acceptors (Lipinski definition) is 3. The fourth-order valence-electron chi connectivity index (χ4n) is 0.783. The summed E-state index contributed by atoms with van der Waals surface area (Å²) in [6.07, 6.45) is 0.635. The van der Waals surface area contributed by atoms with Crippen LogP contribution >= 0.6 is 0 Å². The monoisotopic (exact) mass is 201 g/mol. The molecular formula is C10H21N2O2+. The third-order valence-corrected chi connectivity index (χ3v) is 1.99. The van der Waals surface area contributed by atoms with Crippen LogP contribution in [-0.4, -0.2) is 44.4 Å². The molecule has 4 heteroatoms. The maximum absolute atomic E-state index is 11.0. The molecule has 0 aliphatic heterocycles. The summed E-state index contributed by atoms with van der Waals surface area (Å²) < 4.78 is 5.60. The van der Waals surface area contributed by atoms with Gasteiger partial charge in [0.05, 0.1) is 27.7 Å². The predicted molar refractivity (Wildman–Crippen MR) is 56.4 cm³/mol. The highest BCUT2D eigenvalue weighted by molar-refractivity contribution is 5.86. The summed E-state index contributed by atoms with van der Waals surface area (Å²) in [5, 5.41) is 0. The van der Waals surface area contributed by atoms with Gasteiger partial charge in [-0.15, -0.1) is 0 Å². The molecule has 14 heavy (non-hydrogen) atoms. The number of hydrogen-bond donors (Lipinski definition) is 1. The zero-order chi connectivity index (χ0) is 11.4. The van der Waals surface area contributed by atoms with Crippen molar-refractivity contribution in [3.63, 3.8) is 0 Å². The number of carbonyl (C=O) groups excluding carboxylic acids is 1. The highest BCUT2D eigenvalue weighted by atomic mass is 16.5. The number of ether oxygens (including phenoxy) is 1. The van der Waals surface area contributed by atoms with Crippen molar-refractivity contribution in [2.45, 2.75) is 19.5 Å². The predicted octanol–water partition coefficient (Wildman–Crippen LogP) is 0.487. The lowest BCUT2D eigenvalue weighted by Gasteiger charge is -2.30. The topological polar surface area (TPSA) is 52.3 Å². The number of quaternary nitrogens is 1. The van der Waals surface area contributed by atoms with Gasteiger partial charge in [0, 0.05) is 12.0 Å². The highest BCUT2D eigenvalue weighted by Crippen LogP contribution is 2.02. The van der Waals surface area contributed by atoms with Gasteiger partial charge in [0.15, 0.2) is 0 Å². The van der Waals surface area contributed by atoms with Gasteiger partial charge in [-0.1, -0.05) is 6.58 Å². The Labute approximate surface area is 85.9 Å². The van der Waals surface area contributed by atoms with Crippen LogP contribution in [-0.2, 0) is 9.53 Å². The van der Waals surface area contributed by atoms with Gasteiger partial charge >= 0.3 is 5.97 Å². The molecular weight excluding hydrogens is 180 g/mol.